The third-order valence-electron chi connectivity index (χ3n) is 3.14. The molecule has 4 N–H and O–H groups in total. The Morgan fingerprint density at radius 3 is 2.65 bits per heavy atom. The maximum Gasteiger partial charge on any atom is 0.121 e. The Bertz CT molecular complexity index is 339. The zero-order valence-corrected chi connectivity index (χ0v) is 10.5. The van der Waals surface area contributed by atoms with Gasteiger partial charge in [-0.15, -0.1) is 0 Å². The highest BCUT2D eigenvalue weighted by molar-refractivity contribution is 5.37. The maximum atomic E-state index is 9.54. The molecule has 17 heavy (non-hydrogen) atoms. The summed E-state index contributed by atoms with van der Waals surface area (Å²) in [6.07, 6.45) is 4.33. The highest BCUT2D eigenvalue weighted by atomic mass is 16.3. The van der Waals surface area contributed by atoms with E-state index in [9.17, 15) is 5.11 Å². The highest BCUT2D eigenvalue weighted by Crippen LogP contribution is 2.29. The number of rotatable bonds is 7. The van der Waals surface area contributed by atoms with Crippen LogP contribution in [0.5, 0.6) is 5.75 Å². The van der Waals surface area contributed by atoms with E-state index in [1.807, 2.05) is 12.1 Å². The van der Waals surface area contributed by atoms with E-state index in [-0.39, 0.29) is 12.4 Å². The van der Waals surface area contributed by atoms with Crippen molar-refractivity contribution in [2.75, 3.05) is 6.54 Å². The third kappa shape index (κ3) is 4.02. The van der Waals surface area contributed by atoms with E-state index in [1.165, 1.54) is 5.56 Å². The molecule has 1 aromatic rings. The van der Waals surface area contributed by atoms with Gasteiger partial charge < -0.3 is 15.9 Å². The van der Waals surface area contributed by atoms with Gasteiger partial charge in [0.15, 0.2) is 0 Å². The van der Waals surface area contributed by atoms with Crippen LogP contribution >= 0.6 is 0 Å². The lowest BCUT2D eigenvalue weighted by Crippen LogP contribution is -2.05. The molecule has 0 radical (unpaired) electrons. The fraction of sp³-hybridized carbons (Fsp3) is 0.571. The van der Waals surface area contributed by atoms with Crippen molar-refractivity contribution in [3.05, 3.63) is 29.3 Å². The first kappa shape index (κ1) is 14.0. The van der Waals surface area contributed by atoms with Crippen molar-refractivity contribution in [2.45, 2.75) is 45.1 Å². The average molecular weight is 237 g/mol. The predicted octanol–water partition coefficient (Wildman–Crippen LogP) is 2.51. The Labute approximate surface area is 103 Å². The number of benzene rings is 1. The molecule has 0 amide bonds. The number of aromatic hydroxyl groups is 1. The van der Waals surface area contributed by atoms with Crippen molar-refractivity contribution in [1.29, 1.82) is 0 Å². The van der Waals surface area contributed by atoms with Crippen molar-refractivity contribution in [1.82, 2.24) is 0 Å². The number of hydrogen-bond donors (Lipinski definition) is 3. The van der Waals surface area contributed by atoms with Crippen molar-refractivity contribution >= 4 is 0 Å². The van der Waals surface area contributed by atoms with Crippen LogP contribution in [0.3, 0.4) is 0 Å². The molecule has 3 nitrogen and oxygen atoms in total. The monoisotopic (exact) mass is 237 g/mol. The number of aliphatic hydroxyl groups is 1. The van der Waals surface area contributed by atoms with E-state index in [1.54, 1.807) is 6.07 Å². The van der Waals surface area contributed by atoms with Crippen LogP contribution in [-0.2, 0) is 6.61 Å². The molecule has 0 aromatic heterocycles. The Morgan fingerprint density at radius 1 is 1.29 bits per heavy atom. The summed E-state index contributed by atoms with van der Waals surface area (Å²) in [6, 6.07) is 5.53. The number of aliphatic hydroxyl groups excluding tert-OH is 1. The Morgan fingerprint density at radius 2 is 2.06 bits per heavy atom. The highest BCUT2D eigenvalue weighted by Gasteiger charge is 2.12. The van der Waals surface area contributed by atoms with Crippen LogP contribution in [0.1, 0.15) is 49.7 Å². The second-order valence-electron chi connectivity index (χ2n) is 4.46. The first-order chi connectivity index (χ1) is 8.22. The van der Waals surface area contributed by atoms with Crippen LogP contribution in [0.4, 0.5) is 0 Å². The third-order valence-corrected chi connectivity index (χ3v) is 3.14. The summed E-state index contributed by atoms with van der Waals surface area (Å²) >= 11 is 0. The second kappa shape index (κ2) is 7.30. The molecule has 0 fully saturated rings. The quantitative estimate of drug-likeness (QED) is 0.682. The first-order valence-electron chi connectivity index (χ1n) is 6.35. The van der Waals surface area contributed by atoms with Gasteiger partial charge in [0.1, 0.15) is 5.75 Å². The number of phenols is 1. The molecule has 1 rings (SSSR count). The maximum absolute atomic E-state index is 9.54. The standard InChI is InChI=1S/C14H23NO2/c1-2-4-11(5-3-8-15)12-6-7-14(17)13(9-12)10-16/h6-7,9,11,16-17H,2-5,8,10,15H2,1H3. The topological polar surface area (TPSA) is 66.5 Å². The van der Waals surface area contributed by atoms with Gasteiger partial charge in [0, 0.05) is 5.56 Å². The largest absolute Gasteiger partial charge is 0.508 e. The Kier molecular flexibility index (Phi) is 6.01. The van der Waals surface area contributed by atoms with Crippen LogP contribution in [0.15, 0.2) is 18.2 Å². The molecular weight excluding hydrogens is 214 g/mol. The normalized spacial score (nSPS) is 12.6. The molecule has 3 heteroatoms. The van der Waals surface area contributed by atoms with Gasteiger partial charge in [-0.1, -0.05) is 19.4 Å². The Balaban J connectivity index is 2.85. The molecule has 0 aliphatic rings. The van der Waals surface area contributed by atoms with Crippen LogP contribution < -0.4 is 5.73 Å². The molecule has 1 unspecified atom stereocenters. The zero-order valence-electron chi connectivity index (χ0n) is 10.5. The fourth-order valence-electron chi connectivity index (χ4n) is 2.18. The summed E-state index contributed by atoms with van der Waals surface area (Å²) in [6.45, 7) is 2.77. The van der Waals surface area contributed by atoms with Crippen molar-refractivity contribution in [3.63, 3.8) is 0 Å². The summed E-state index contributed by atoms with van der Waals surface area (Å²) in [7, 11) is 0. The molecule has 0 saturated heterocycles. The van der Waals surface area contributed by atoms with E-state index in [0.717, 1.165) is 25.7 Å². The lowest BCUT2D eigenvalue weighted by Gasteiger charge is -2.17. The van der Waals surface area contributed by atoms with E-state index in [0.29, 0.717) is 18.0 Å². The smallest absolute Gasteiger partial charge is 0.121 e. The molecule has 0 aliphatic heterocycles. The van der Waals surface area contributed by atoms with E-state index in [2.05, 4.69) is 6.92 Å². The molecule has 0 heterocycles. The SMILES string of the molecule is CCCC(CCCN)c1ccc(O)c(CO)c1. The van der Waals surface area contributed by atoms with Crippen molar-refractivity contribution in [2.24, 2.45) is 5.73 Å². The van der Waals surface area contributed by atoms with Gasteiger partial charge in [-0.05, 0) is 49.4 Å². The zero-order chi connectivity index (χ0) is 12.7. The van der Waals surface area contributed by atoms with Crippen LogP contribution in [-0.4, -0.2) is 16.8 Å². The predicted molar refractivity (Wildman–Crippen MR) is 70.0 cm³/mol. The summed E-state index contributed by atoms with van der Waals surface area (Å²) in [5.41, 5.74) is 7.36. The molecular formula is C14H23NO2. The van der Waals surface area contributed by atoms with E-state index >= 15 is 0 Å². The van der Waals surface area contributed by atoms with E-state index in [4.69, 9.17) is 10.8 Å². The number of nitrogens with two attached hydrogens (primary N) is 1. The minimum Gasteiger partial charge on any atom is -0.508 e. The summed E-state index contributed by atoms with van der Waals surface area (Å²) in [5.74, 6) is 0.653. The Hall–Kier alpha value is -1.06. The van der Waals surface area contributed by atoms with Crippen molar-refractivity contribution in [3.8, 4) is 5.75 Å². The van der Waals surface area contributed by atoms with Crippen LogP contribution in [0, 0.1) is 0 Å². The van der Waals surface area contributed by atoms with Gasteiger partial charge in [-0.3, -0.25) is 0 Å². The summed E-state index contributed by atoms with van der Waals surface area (Å²) in [5, 5.41) is 18.7. The molecule has 1 atom stereocenters. The average Bonchev–Trinajstić information content (AvgIpc) is 2.35. The molecule has 0 saturated carbocycles. The second-order valence-corrected chi connectivity index (χ2v) is 4.46. The first-order valence-corrected chi connectivity index (χ1v) is 6.35. The van der Waals surface area contributed by atoms with Gasteiger partial charge in [0.05, 0.1) is 6.61 Å². The van der Waals surface area contributed by atoms with Gasteiger partial charge in [0.25, 0.3) is 0 Å². The van der Waals surface area contributed by atoms with E-state index < -0.39 is 0 Å². The van der Waals surface area contributed by atoms with Gasteiger partial charge in [0.2, 0.25) is 0 Å². The minimum absolute atomic E-state index is 0.116. The number of hydrogen-bond acceptors (Lipinski definition) is 3. The fourth-order valence-corrected chi connectivity index (χ4v) is 2.18. The minimum atomic E-state index is -0.116. The molecule has 0 aliphatic carbocycles. The van der Waals surface area contributed by atoms with Crippen LogP contribution in [0.2, 0.25) is 0 Å². The lowest BCUT2D eigenvalue weighted by atomic mass is 9.89. The molecule has 96 valence electrons. The van der Waals surface area contributed by atoms with Gasteiger partial charge >= 0.3 is 0 Å². The van der Waals surface area contributed by atoms with Gasteiger partial charge in [-0.2, -0.15) is 0 Å². The molecule has 0 bridgehead atoms. The molecule has 1 aromatic carbocycles. The molecule has 0 spiro atoms. The van der Waals surface area contributed by atoms with Crippen LogP contribution in [0.25, 0.3) is 0 Å². The summed E-state index contributed by atoms with van der Waals surface area (Å²) in [4.78, 5) is 0. The summed E-state index contributed by atoms with van der Waals surface area (Å²) < 4.78 is 0. The van der Waals surface area contributed by atoms with Crippen molar-refractivity contribution < 1.29 is 10.2 Å². The lowest BCUT2D eigenvalue weighted by molar-refractivity contribution is 0.275. The van der Waals surface area contributed by atoms with Gasteiger partial charge in [-0.25, -0.2) is 0 Å².